The maximum Gasteiger partial charge on any atom is 0.344 e. The second-order valence-corrected chi connectivity index (χ2v) is 7.56. The van der Waals surface area contributed by atoms with Crippen LogP contribution in [0.3, 0.4) is 0 Å². The van der Waals surface area contributed by atoms with Crippen molar-refractivity contribution in [3.8, 4) is 0 Å². The van der Waals surface area contributed by atoms with Crippen LogP contribution in [0.1, 0.15) is 17.0 Å². The Labute approximate surface area is 132 Å². The van der Waals surface area contributed by atoms with Gasteiger partial charge in [-0.3, -0.25) is 4.79 Å². The van der Waals surface area contributed by atoms with Crippen molar-refractivity contribution in [3.05, 3.63) is 46.5 Å². The van der Waals surface area contributed by atoms with E-state index in [-0.39, 0.29) is 12.3 Å². The smallest absolute Gasteiger partial charge is 0.344 e. The Bertz CT molecular complexity index is 919. The lowest BCUT2D eigenvalue weighted by Crippen LogP contribution is -2.36. The number of likely N-dealkylation sites (tertiary alicyclic amines) is 1. The topological polar surface area (TPSA) is 96.7 Å². The molecule has 1 amide bonds. The van der Waals surface area contributed by atoms with Crippen molar-refractivity contribution in [2.24, 2.45) is 0 Å². The van der Waals surface area contributed by atoms with E-state index in [1.807, 2.05) is 0 Å². The fourth-order valence-corrected chi connectivity index (χ4v) is 3.85. The first-order valence-corrected chi connectivity index (χ1v) is 8.71. The molecule has 1 aliphatic rings. The van der Waals surface area contributed by atoms with Crippen molar-refractivity contribution < 1.29 is 17.6 Å². The zero-order valence-corrected chi connectivity index (χ0v) is 13.3. The minimum atomic E-state index is -3.43. The molecule has 0 aliphatic carbocycles. The van der Waals surface area contributed by atoms with Gasteiger partial charge in [0.15, 0.2) is 5.76 Å². The normalized spacial score (nSPS) is 18.5. The Morgan fingerprint density at radius 3 is 2.83 bits per heavy atom. The first-order chi connectivity index (χ1) is 10.9. The fourth-order valence-electron chi connectivity index (χ4n) is 2.73. The van der Waals surface area contributed by atoms with Gasteiger partial charge in [-0.25, -0.2) is 17.9 Å². The molecular formula is C15H16N2O5S. The molecule has 1 unspecified atom stereocenters. The van der Waals surface area contributed by atoms with Crippen molar-refractivity contribution in [3.63, 3.8) is 0 Å². The highest BCUT2D eigenvalue weighted by atomic mass is 32.2. The molecule has 0 spiro atoms. The molecule has 1 aromatic carbocycles. The Hall–Kier alpha value is -2.19. The van der Waals surface area contributed by atoms with Crippen LogP contribution in [0, 0.1) is 0 Å². The first kappa shape index (κ1) is 15.7. The van der Waals surface area contributed by atoms with E-state index >= 15 is 0 Å². The quantitative estimate of drug-likeness (QED) is 0.883. The fraction of sp³-hybridized carbons (Fsp3) is 0.333. The van der Waals surface area contributed by atoms with Crippen molar-refractivity contribution >= 4 is 26.7 Å². The summed E-state index contributed by atoms with van der Waals surface area (Å²) < 4.78 is 31.0. The van der Waals surface area contributed by atoms with Gasteiger partial charge in [0.05, 0.1) is 10.6 Å². The van der Waals surface area contributed by atoms with Gasteiger partial charge in [0.1, 0.15) is 0 Å². The second kappa shape index (κ2) is 5.78. The largest absolute Gasteiger partial charge is 0.417 e. The average Bonchev–Trinajstić information content (AvgIpc) is 3.05. The third kappa shape index (κ3) is 2.87. The highest BCUT2D eigenvalue weighted by molar-refractivity contribution is 7.90. The Morgan fingerprint density at radius 1 is 1.35 bits per heavy atom. The molecule has 1 saturated heterocycles. The van der Waals surface area contributed by atoms with E-state index in [1.165, 1.54) is 18.0 Å². The van der Waals surface area contributed by atoms with Crippen LogP contribution in [0.4, 0.5) is 0 Å². The Kier molecular flexibility index (Phi) is 3.95. The van der Waals surface area contributed by atoms with Gasteiger partial charge >= 0.3 is 5.63 Å². The highest BCUT2D eigenvalue weighted by Gasteiger charge is 2.35. The van der Waals surface area contributed by atoms with E-state index in [4.69, 9.17) is 4.42 Å². The second-order valence-electron chi connectivity index (χ2n) is 5.40. The Balaban J connectivity index is 1.89. The molecule has 1 fully saturated rings. The van der Waals surface area contributed by atoms with Crippen LogP contribution in [0.2, 0.25) is 0 Å². The molecule has 2 aromatic rings. The zero-order chi connectivity index (χ0) is 16.6. The molecule has 0 radical (unpaired) electrons. The van der Waals surface area contributed by atoms with Crippen molar-refractivity contribution in [1.82, 2.24) is 9.62 Å². The van der Waals surface area contributed by atoms with Gasteiger partial charge in [-0.15, -0.1) is 0 Å². The van der Waals surface area contributed by atoms with Gasteiger partial charge in [0, 0.05) is 13.1 Å². The number of benzene rings is 1. The van der Waals surface area contributed by atoms with Crippen LogP contribution in [-0.4, -0.2) is 44.6 Å². The molecule has 8 heteroatoms. The average molecular weight is 336 g/mol. The van der Waals surface area contributed by atoms with E-state index < -0.39 is 26.8 Å². The van der Waals surface area contributed by atoms with Crippen LogP contribution in [0.25, 0.3) is 10.8 Å². The molecule has 3 rings (SSSR count). The molecule has 122 valence electrons. The van der Waals surface area contributed by atoms with Gasteiger partial charge in [-0.2, -0.15) is 0 Å². The standard InChI is InChI=1S/C15H16N2O5S/c1-16-23(20,21)11-6-7-17(9-11)14(18)13-8-10-4-2-3-5-12(10)15(19)22-13/h2-5,8,11,16H,6-7,9H2,1H3. The summed E-state index contributed by atoms with van der Waals surface area (Å²) in [6, 6.07) is 8.34. The van der Waals surface area contributed by atoms with Crippen molar-refractivity contribution in [2.75, 3.05) is 20.1 Å². The monoisotopic (exact) mass is 336 g/mol. The van der Waals surface area contributed by atoms with Gasteiger partial charge in [0.25, 0.3) is 5.91 Å². The SMILES string of the molecule is CNS(=O)(=O)C1CCN(C(=O)c2cc3ccccc3c(=O)o2)C1. The predicted octanol–water partition coefficient (Wildman–Crippen LogP) is 0.557. The molecule has 1 aliphatic heterocycles. The van der Waals surface area contributed by atoms with Crippen molar-refractivity contribution in [1.29, 1.82) is 0 Å². The van der Waals surface area contributed by atoms with Gasteiger partial charge in [-0.05, 0) is 31.0 Å². The van der Waals surface area contributed by atoms with Crippen LogP contribution in [0.5, 0.6) is 0 Å². The molecule has 0 bridgehead atoms. The minimum absolute atomic E-state index is 0.0730. The number of nitrogens with one attached hydrogen (secondary N) is 1. The van der Waals surface area contributed by atoms with E-state index in [9.17, 15) is 18.0 Å². The van der Waals surface area contributed by atoms with Gasteiger partial charge in [-0.1, -0.05) is 18.2 Å². The molecule has 0 saturated carbocycles. The van der Waals surface area contributed by atoms with Crippen LogP contribution in [-0.2, 0) is 10.0 Å². The summed E-state index contributed by atoms with van der Waals surface area (Å²) >= 11 is 0. The summed E-state index contributed by atoms with van der Waals surface area (Å²) in [7, 11) is -2.08. The summed E-state index contributed by atoms with van der Waals surface area (Å²) in [5, 5.41) is 0.371. The lowest BCUT2D eigenvalue weighted by Gasteiger charge is -2.15. The highest BCUT2D eigenvalue weighted by Crippen LogP contribution is 2.19. The predicted molar refractivity (Wildman–Crippen MR) is 84.8 cm³/mol. The van der Waals surface area contributed by atoms with E-state index in [1.54, 1.807) is 24.3 Å². The molecule has 2 heterocycles. The van der Waals surface area contributed by atoms with Crippen molar-refractivity contribution in [2.45, 2.75) is 11.7 Å². The van der Waals surface area contributed by atoms with Crippen LogP contribution in [0.15, 0.2) is 39.5 Å². The molecule has 1 atom stereocenters. The third-order valence-electron chi connectivity index (χ3n) is 4.04. The number of hydrogen-bond donors (Lipinski definition) is 1. The summed E-state index contributed by atoms with van der Waals surface area (Å²) in [4.78, 5) is 25.8. The van der Waals surface area contributed by atoms with Gasteiger partial charge in [0.2, 0.25) is 10.0 Å². The summed E-state index contributed by atoms with van der Waals surface area (Å²) in [5.74, 6) is -0.544. The summed E-state index contributed by atoms with van der Waals surface area (Å²) in [5.41, 5.74) is -0.579. The van der Waals surface area contributed by atoms with Crippen LogP contribution >= 0.6 is 0 Å². The number of carbonyl (C=O) groups is 1. The minimum Gasteiger partial charge on any atom is -0.417 e. The lowest BCUT2D eigenvalue weighted by molar-refractivity contribution is 0.0757. The number of fused-ring (bicyclic) bond motifs is 1. The lowest BCUT2D eigenvalue weighted by atomic mass is 10.1. The molecule has 7 nitrogen and oxygen atoms in total. The maximum absolute atomic E-state index is 12.5. The number of carbonyl (C=O) groups excluding carboxylic acids is 1. The number of hydrogen-bond acceptors (Lipinski definition) is 5. The number of sulfonamides is 1. The maximum atomic E-state index is 12.5. The molecule has 1 aromatic heterocycles. The first-order valence-electron chi connectivity index (χ1n) is 7.17. The molecule has 1 N–H and O–H groups in total. The van der Waals surface area contributed by atoms with Gasteiger partial charge < -0.3 is 9.32 Å². The Morgan fingerprint density at radius 2 is 2.09 bits per heavy atom. The van der Waals surface area contributed by atoms with E-state index in [2.05, 4.69) is 4.72 Å². The number of amides is 1. The summed E-state index contributed by atoms with van der Waals surface area (Å²) in [6.07, 6.45) is 0.354. The van der Waals surface area contributed by atoms with Crippen LogP contribution < -0.4 is 10.3 Å². The molecule has 23 heavy (non-hydrogen) atoms. The summed E-state index contributed by atoms with van der Waals surface area (Å²) in [6.45, 7) is 0.388. The zero-order valence-electron chi connectivity index (χ0n) is 12.5. The van der Waals surface area contributed by atoms with E-state index in [0.717, 1.165) is 0 Å². The third-order valence-corrected chi connectivity index (χ3v) is 5.87. The van der Waals surface area contributed by atoms with E-state index in [0.29, 0.717) is 23.7 Å². The number of rotatable bonds is 3. The number of nitrogens with zero attached hydrogens (tertiary/aromatic N) is 1. The molecular weight excluding hydrogens is 320 g/mol.